The first-order chi connectivity index (χ1) is 24.8. The molecule has 0 aliphatic heterocycles. The molecule has 0 radical (unpaired) electrons. The Balaban J connectivity index is 1.18. The maximum atomic E-state index is 2.45. The molecule has 7 aromatic carbocycles. The maximum Gasteiger partial charge on any atom is 0.0541 e. The monoisotopic (exact) mass is 638 g/mol. The SMILES string of the molecule is C1=C(c2ccccc2)C(c2ccc(-n3c4ccccc4c4ccccc43)cc2-c2ccccc2)CC=C1n1c2ccccc2c2ccccc21. The molecule has 1 atom stereocenters. The molecule has 10 rings (SSSR count). The third-order valence-corrected chi connectivity index (χ3v) is 10.5. The smallest absolute Gasteiger partial charge is 0.0541 e. The Morgan fingerprint density at radius 1 is 0.420 bits per heavy atom. The third-order valence-electron chi connectivity index (χ3n) is 10.5. The lowest BCUT2D eigenvalue weighted by Crippen LogP contribution is -2.10. The summed E-state index contributed by atoms with van der Waals surface area (Å²) in [4.78, 5) is 0. The van der Waals surface area contributed by atoms with Crippen molar-refractivity contribution in [1.29, 1.82) is 0 Å². The van der Waals surface area contributed by atoms with Crippen LogP contribution >= 0.6 is 0 Å². The molecule has 0 N–H and O–H groups in total. The van der Waals surface area contributed by atoms with Crippen LogP contribution in [0.3, 0.4) is 0 Å². The zero-order valence-corrected chi connectivity index (χ0v) is 27.6. The van der Waals surface area contributed by atoms with Crippen molar-refractivity contribution in [2.24, 2.45) is 0 Å². The third kappa shape index (κ3) is 4.49. The summed E-state index contributed by atoms with van der Waals surface area (Å²) in [5.74, 6) is 0.177. The lowest BCUT2D eigenvalue weighted by molar-refractivity contribution is 0.871. The van der Waals surface area contributed by atoms with Gasteiger partial charge < -0.3 is 9.13 Å². The Kier molecular flexibility index (Phi) is 6.67. The van der Waals surface area contributed by atoms with Gasteiger partial charge in [-0.25, -0.2) is 0 Å². The van der Waals surface area contributed by atoms with Crippen molar-refractivity contribution >= 4 is 54.9 Å². The summed E-state index contributed by atoms with van der Waals surface area (Å²) in [5.41, 5.74) is 13.8. The second-order valence-electron chi connectivity index (χ2n) is 13.3. The van der Waals surface area contributed by atoms with Crippen molar-refractivity contribution in [3.8, 4) is 16.8 Å². The molecule has 2 heteroatoms. The van der Waals surface area contributed by atoms with E-state index in [1.807, 2.05) is 0 Å². The lowest BCUT2D eigenvalue weighted by Gasteiger charge is -2.28. The van der Waals surface area contributed by atoms with Crippen molar-refractivity contribution in [2.75, 3.05) is 0 Å². The summed E-state index contributed by atoms with van der Waals surface area (Å²) < 4.78 is 4.88. The Morgan fingerprint density at radius 2 is 0.880 bits per heavy atom. The van der Waals surface area contributed by atoms with E-state index in [4.69, 9.17) is 0 Å². The fraction of sp³-hybridized carbons (Fsp3) is 0.0417. The van der Waals surface area contributed by atoms with Crippen LogP contribution in [0.1, 0.15) is 23.5 Å². The molecule has 2 aromatic heterocycles. The number of hydrogen-bond donors (Lipinski definition) is 0. The van der Waals surface area contributed by atoms with Gasteiger partial charge in [-0.2, -0.15) is 0 Å². The van der Waals surface area contributed by atoms with Gasteiger partial charge in [0.25, 0.3) is 0 Å². The van der Waals surface area contributed by atoms with E-state index in [0.29, 0.717) is 0 Å². The van der Waals surface area contributed by atoms with Crippen LogP contribution in [0.25, 0.3) is 71.7 Å². The van der Waals surface area contributed by atoms with E-state index in [0.717, 1.165) is 6.42 Å². The highest BCUT2D eigenvalue weighted by atomic mass is 15.0. The minimum absolute atomic E-state index is 0.177. The van der Waals surface area contributed by atoms with Crippen LogP contribution in [0.15, 0.2) is 188 Å². The Bertz CT molecular complexity index is 2670. The zero-order chi connectivity index (χ0) is 33.0. The zero-order valence-electron chi connectivity index (χ0n) is 27.6. The van der Waals surface area contributed by atoms with E-state index >= 15 is 0 Å². The number of fused-ring (bicyclic) bond motifs is 6. The normalized spacial score (nSPS) is 14.8. The molecular formula is C48H34N2. The summed E-state index contributed by atoms with van der Waals surface area (Å²) in [6, 6.07) is 64.1. The number of para-hydroxylation sites is 4. The minimum atomic E-state index is 0.177. The molecule has 0 amide bonds. The molecular weight excluding hydrogens is 605 g/mol. The van der Waals surface area contributed by atoms with Gasteiger partial charge in [0.2, 0.25) is 0 Å². The quantitative estimate of drug-likeness (QED) is 0.178. The highest BCUT2D eigenvalue weighted by molar-refractivity contribution is 6.11. The number of nitrogens with zero attached hydrogens (tertiary/aromatic N) is 2. The van der Waals surface area contributed by atoms with Gasteiger partial charge in [-0.15, -0.1) is 0 Å². The van der Waals surface area contributed by atoms with Gasteiger partial charge in [0.05, 0.1) is 22.1 Å². The summed E-state index contributed by atoms with van der Waals surface area (Å²) >= 11 is 0. The molecule has 0 spiro atoms. The van der Waals surface area contributed by atoms with Crippen LogP contribution in [0.5, 0.6) is 0 Å². The summed E-state index contributed by atoms with van der Waals surface area (Å²) in [6.45, 7) is 0. The molecule has 1 unspecified atom stereocenters. The number of rotatable bonds is 5. The molecule has 2 nitrogen and oxygen atoms in total. The molecule has 1 aliphatic carbocycles. The van der Waals surface area contributed by atoms with Crippen molar-refractivity contribution in [3.63, 3.8) is 0 Å². The fourth-order valence-corrected chi connectivity index (χ4v) is 8.31. The first-order valence-electron chi connectivity index (χ1n) is 17.5. The Morgan fingerprint density at radius 3 is 1.42 bits per heavy atom. The summed E-state index contributed by atoms with van der Waals surface area (Å²) in [6.07, 6.45) is 5.79. The van der Waals surface area contributed by atoms with E-state index in [1.165, 1.54) is 82.8 Å². The standard InChI is InChI=1S/C48H34N2/c1-3-15-33(16-4-1)43-31-35(49-45-23-11-7-19-39(45)40-20-8-12-24-46(40)49)27-29-37(43)38-30-28-36(32-44(38)34-17-5-2-6-18-34)50-47-25-13-9-21-41(47)42-22-10-14-26-48(42)50/h1-29,31-32,38H,30H2. The lowest BCUT2D eigenvalue weighted by atomic mass is 9.78. The van der Waals surface area contributed by atoms with Gasteiger partial charge in [0.15, 0.2) is 0 Å². The van der Waals surface area contributed by atoms with E-state index in [2.05, 4.69) is 197 Å². The van der Waals surface area contributed by atoms with Crippen LogP contribution in [0, 0.1) is 0 Å². The second-order valence-corrected chi connectivity index (χ2v) is 13.3. The molecule has 0 bridgehead atoms. The molecule has 236 valence electrons. The first kappa shape index (κ1) is 28.6. The molecule has 1 aliphatic rings. The number of hydrogen-bond acceptors (Lipinski definition) is 0. The van der Waals surface area contributed by atoms with Gasteiger partial charge in [0, 0.05) is 38.8 Å². The Hall–Kier alpha value is -6.38. The minimum Gasteiger partial charge on any atom is -0.310 e. The van der Waals surface area contributed by atoms with E-state index in [9.17, 15) is 0 Å². The topological polar surface area (TPSA) is 9.86 Å². The number of aromatic nitrogens is 2. The number of benzene rings is 7. The molecule has 0 fully saturated rings. The van der Waals surface area contributed by atoms with Crippen LogP contribution in [-0.2, 0) is 0 Å². The van der Waals surface area contributed by atoms with Crippen LogP contribution < -0.4 is 0 Å². The van der Waals surface area contributed by atoms with Crippen LogP contribution in [-0.4, -0.2) is 9.13 Å². The largest absolute Gasteiger partial charge is 0.310 e. The molecule has 50 heavy (non-hydrogen) atoms. The fourth-order valence-electron chi connectivity index (χ4n) is 8.31. The average Bonchev–Trinajstić information content (AvgIpc) is 3.71. The van der Waals surface area contributed by atoms with Crippen molar-refractivity contribution in [1.82, 2.24) is 9.13 Å². The van der Waals surface area contributed by atoms with E-state index in [1.54, 1.807) is 0 Å². The molecule has 0 saturated carbocycles. The summed E-state index contributed by atoms with van der Waals surface area (Å²) in [7, 11) is 0. The predicted molar refractivity (Wildman–Crippen MR) is 212 cm³/mol. The molecule has 2 heterocycles. The van der Waals surface area contributed by atoms with Crippen LogP contribution in [0.2, 0.25) is 0 Å². The second kappa shape index (κ2) is 11.6. The van der Waals surface area contributed by atoms with E-state index in [-0.39, 0.29) is 5.92 Å². The van der Waals surface area contributed by atoms with Gasteiger partial charge in [0.1, 0.15) is 0 Å². The van der Waals surface area contributed by atoms with Gasteiger partial charge in [-0.05, 0) is 76.7 Å². The first-order valence-corrected chi connectivity index (χ1v) is 17.5. The van der Waals surface area contributed by atoms with Crippen molar-refractivity contribution < 1.29 is 0 Å². The average molecular weight is 639 g/mol. The van der Waals surface area contributed by atoms with Crippen LogP contribution in [0.4, 0.5) is 0 Å². The Labute approximate surface area is 291 Å². The summed E-state index contributed by atoms with van der Waals surface area (Å²) in [5, 5.41) is 5.12. The maximum absolute atomic E-state index is 2.45. The highest BCUT2D eigenvalue weighted by Gasteiger charge is 2.26. The van der Waals surface area contributed by atoms with Gasteiger partial charge in [-0.1, -0.05) is 146 Å². The highest BCUT2D eigenvalue weighted by Crippen LogP contribution is 2.46. The van der Waals surface area contributed by atoms with Gasteiger partial charge >= 0.3 is 0 Å². The van der Waals surface area contributed by atoms with E-state index < -0.39 is 0 Å². The number of allylic oxidation sites excluding steroid dienone is 4. The van der Waals surface area contributed by atoms with Gasteiger partial charge in [-0.3, -0.25) is 0 Å². The van der Waals surface area contributed by atoms with Crippen molar-refractivity contribution in [2.45, 2.75) is 12.3 Å². The molecule has 0 saturated heterocycles. The molecule has 9 aromatic rings. The van der Waals surface area contributed by atoms with Crippen molar-refractivity contribution in [3.05, 3.63) is 199 Å². The predicted octanol–water partition coefficient (Wildman–Crippen LogP) is 12.7.